The second kappa shape index (κ2) is 19.6. The first kappa shape index (κ1) is 41.2. The molecule has 0 aliphatic carbocycles. The predicted octanol–water partition coefficient (Wildman–Crippen LogP) is 7.22. The standard InChI is InChI=1S/C45H50N3O8P/c1-3-54-44(51)33(2)46-57(53,56-39-22-14-7-15-23-39)32-55-38-26-24-35(25-27-38)29-41-43(50)42(49)40(28-34-16-8-4-9-17-34)47(30-36-18-10-5-11-19-36)45(52)48(41)31-37-20-12-6-13-21-37/h4-27,33,40-43,49-50H,3,28-32H2,1-2H3,(H,46,53)/t33-,40+,41+,42-,43-,57?/m0/s1. The van der Waals surface area contributed by atoms with Crippen LogP contribution in [0, 0.1) is 0 Å². The van der Waals surface area contributed by atoms with Gasteiger partial charge in [0.25, 0.3) is 0 Å². The minimum Gasteiger partial charge on any atom is -0.481 e. The highest BCUT2D eigenvalue weighted by molar-refractivity contribution is 7.57. The lowest BCUT2D eigenvalue weighted by molar-refractivity contribution is -0.144. The molecule has 5 aromatic carbocycles. The molecule has 1 fully saturated rings. The summed E-state index contributed by atoms with van der Waals surface area (Å²) in [7, 11) is -3.80. The molecule has 1 saturated heterocycles. The highest BCUT2D eigenvalue weighted by Gasteiger charge is 2.46. The van der Waals surface area contributed by atoms with E-state index in [-0.39, 0.29) is 32.1 Å². The Hall–Kier alpha value is -5.45. The van der Waals surface area contributed by atoms with Crippen molar-refractivity contribution in [3.05, 3.63) is 168 Å². The molecule has 5 aromatic rings. The lowest BCUT2D eigenvalue weighted by Crippen LogP contribution is -2.50. The van der Waals surface area contributed by atoms with Crippen molar-refractivity contribution in [2.75, 3.05) is 13.0 Å². The molecule has 298 valence electrons. The van der Waals surface area contributed by atoms with Crippen LogP contribution < -0.4 is 14.3 Å². The van der Waals surface area contributed by atoms with Crippen LogP contribution in [0.1, 0.15) is 36.1 Å². The molecule has 0 bridgehead atoms. The monoisotopic (exact) mass is 791 g/mol. The molecular weight excluding hydrogens is 741 g/mol. The quantitative estimate of drug-likeness (QED) is 0.0659. The van der Waals surface area contributed by atoms with Gasteiger partial charge in [0.15, 0.2) is 6.35 Å². The molecule has 57 heavy (non-hydrogen) atoms. The van der Waals surface area contributed by atoms with Crippen molar-refractivity contribution in [3.63, 3.8) is 0 Å². The largest absolute Gasteiger partial charge is 0.481 e. The molecule has 2 amide bonds. The first-order chi connectivity index (χ1) is 27.6. The van der Waals surface area contributed by atoms with Gasteiger partial charge in [-0.15, -0.1) is 0 Å². The fourth-order valence-electron chi connectivity index (χ4n) is 7.00. The minimum atomic E-state index is -3.80. The highest BCUT2D eigenvalue weighted by Crippen LogP contribution is 2.44. The van der Waals surface area contributed by atoms with Gasteiger partial charge in [0.2, 0.25) is 0 Å². The second-order valence-corrected chi connectivity index (χ2v) is 16.2. The van der Waals surface area contributed by atoms with Crippen LogP contribution in [0.4, 0.5) is 4.79 Å². The van der Waals surface area contributed by atoms with E-state index in [0.29, 0.717) is 17.9 Å². The second-order valence-electron chi connectivity index (χ2n) is 14.1. The van der Waals surface area contributed by atoms with E-state index in [2.05, 4.69) is 5.09 Å². The Morgan fingerprint density at radius 2 is 1.11 bits per heavy atom. The summed E-state index contributed by atoms with van der Waals surface area (Å²) in [5, 5.41) is 26.9. The number of aliphatic hydroxyl groups excluding tert-OH is 2. The number of rotatable bonds is 17. The van der Waals surface area contributed by atoms with E-state index in [4.69, 9.17) is 14.0 Å². The van der Waals surface area contributed by atoms with E-state index in [9.17, 15) is 24.4 Å². The summed E-state index contributed by atoms with van der Waals surface area (Å²) in [6.07, 6.45) is -2.38. The normalized spacial score (nSPS) is 19.9. The molecule has 1 aliphatic heterocycles. The molecular formula is C45H50N3O8P. The van der Waals surface area contributed by atoms with Crippen LogP contribution in [-0.4, -0.2) is 75.3 Å². The predicted molar refractivity (Wildman–Crippen MR) is 219 cm³/mol. The molecule has 6 rings (SSSR count). The number of aliphatic hydroxyl groups is 2. The summed E-state index contributed by atoms with van der Waals surface area (Å²) in [4.78, 5) is 30.7. The number of para-hydroxylation sites is 1. The number of carbonyl (C=O) groups excluding carboxylic acids is 2. The number of amides is 2. The number of hydrogen-bond acceptors (Lipinski definition) is 8. The molecule has 1 unspecified atom stereocenters. The Balaban J connectivity index is 1.26. The van der Waals surface area contributed by atoms with Crippen LogP contribution in [-0.2, 0) is 40.0 Å². The van der Waals surface area contributed by atoms with Crippen LogP contribution in [0.25, 0.3) is 0 Å². The third-order valence-corrected chi connectivity index (χ3v) is 11.7. The molecule has 0 radical (unpaired) electrons. The Labute approximate surface area is 334 Å². The van der Waals surface area contributed by atoms with Gasteiger partial charge in [-0.2, -0.15) is 0 Å². The maximum atomic E-state index is 14.9. The molecule has 1 heterocycles. The lowest BCUT2D eigenvalue weighted by Gasteiger charge is -2.36. The maximum absolute atomic E-state index is 14.9. The SMILES string of the molecule is CCOC(=O)[C@H](C)NP(=O)(COc1ccc(C[C@@H]2[C@H](O)[C@@H](O)[C@@H](Cc3ccccc3)N(Cc3ccccc3)C(=O)N2Cc2ccccc2)cc1)Oc1ccccc1. The van der Waals surface area contributed by atoms with Crippen LogP contribution in [0.2, 0.25) is 0 Å². The van der Waals surface area contributed by atoms with Gasteiger partial charge in [-0.3, -0.25) is 9.36 Å². The van der Waals surface area contributed by atoms with Crippen molar-refractivity contribution in [2.24, 2.45) is 0 Å². The van der Waals surface area contributed by atoms with Gasteiger partial charge >= 0.3 is 19.5 Å². The van der Waals surface area contributed by atoms with Crippen molar-refractivity contribution in [1.29, 1.82) is 0 Å². The lowest BCUT2D eigenvalue weighted by atomic mass is 9.91. The average molecular weight is 792 g/mol. The highest BCUT2D eigenvalue weighted by atomic mass is 31.2. The summed E-state index contributed by atoms with van der Waals surface area (Å²) in [5.41, 5.74) is 3.50. The van der Waals surface area contributed by atoms with Gasteiger partial charge in [0, 0.05) is 13.1 Å². The van der Waals surface area contributed by atoms with Crippen molar-refractivity contribution < 1.29 is 38.4 Å². The Kier molecular flexibility index (Phi) is 14.2. The van der Waals surface area contributed by atoms with Crippen molar-refractivity contribution in [1.82, 2.24) is 14.9 Å². The third-order valence-electron chi connectivity index (χ3n) is 9.91. The fraction of sp³-hybridized carbons (Fsp3) is 0.289. The van der Waals surface area contributed by atoms with Crippen LogP contribution in [0.3, 0.4) is 0 Å². The number of hydrogen-bond donors (Lipinski definition) is 3. The van der Waals surface area contributed by atoms with Gasteiger partial charge in [-0.05, 0) is 73.2 Å². The van der Waals surface area contributed by atoms with E-state index >= 15 is 0 Å². The molecule has 3 N–H and O–H groups in total. The number of nitrogens with one attached hydrogen (secondary N) is 1. The van der Waals surface area contributed by atoms with Gasteiger partial charge in [-0.1, -0.05) is 121 Å². The van der Waals surface area contributed by atoms with Crippen LogP contribution in [0.5, 0.6) is 11.5 Å². The Morgan fingerprint density at radius 1 is 0.667 bits per heavy atom. The molecule has 0 aromatic heterocycles. The van der Waals surface area contributed by atoms with Crippen LogP contribution in [0.15, 0.2) is 146 Å². The van der Waals surface area contributed by atoms with Gasteiger partial charge in [0.1, 0.15) is 29.7 Å². The third kappa shape index (κ3) is 11.1. The number of carbonyl (C=O) groups is 2. The minimum absolute atomic E-state index is 0.173. The van der Waals surface area contributed by atoms with Gasteiger partial charge in [0.05, 0.1) is 18.7 Å². The first-order valence-electron chi connectivity index (χ1n) is 19.2. The van der Waals surface area contributed by atoms with E-state index in [0.717, 1.165) is 22.3 Å². The summed E-state index contributed by atoms with van der Waals surface area (Å²) >= 11 is 0. The Bertz CT molecular complexity index is 2060. The zero-order valence-electron chi connectivity index (χ0n) is 32.2. The summed E-state index contributed by atoms with van der Waals surface area (Å²) in [6, 6.07) is 41.9. The zero-order valence-corrected chi connectivity index (χ0v) is 33.1. The number of benzene rings is 5. The molecule has 0 spiro atoms. The molecule has 6 atom stereocenters. The van der Waals surface area contributed by atoms with Crippen molar-refractivity contribution in [3.8, 4) is 11.5 Å². The number of nitrogens with zero attached hydrogens (tertiary/aromatic N) is 2. The molecule has 1 aliphatic rings. The van der Waals surface area contributed by atoms with E-state index in [1.807, 2.05) is 103 Å². The maximum Gasteiger partial charge on any atom is 0.354 e. The summed E-state index contributed by atoms with van der Waals surface area (Å²) in [6.45, 7) is 3.87. The number of esters is 1. The van der Waals surface area contributed by atoms with Crippen molar-refractivity contribution >= 4 is 19.5 Å². The zero-order chi connectivity index (χ0) is 40.2. The molecule has 0 saturated carbocycles. The topological polar surface area (TPSA) is 138 Å². The van der Waals surface area contributed by atoms with E-state index < -0.39 is 50.2 Å². The molecule has 12 heteroatoms. The van der Waals surface area contributed by atoms with E-state index in [1.54, 1.807) is 66.1 Å². The average Bonchev–Trinajstić information content (AvgIpc) is 3.29. The molecule has 11 nitrogen and oxygen atoms in total. The fourth-order valence-corrected chi connectivity index (χ4v) is 8.66. The van der Waals surface area contributed by atoms with Gasteiger partial charge < -0.3 is 34.0 Å². The number of urea groups is 1. The number of ether oxygens (including phenoxy) is 2. The Morgan fingerprint density at radius 3 is 1.58 bits per heavy atom. The van der Waals surface area contributed by atoms with E-state index in [1.165, 1.54) is 0 Å². The smallest absolute Gasteiger partial charge is 0.354 e. The first-order valence-corrected chi connectivity index (χ1v) is 21.0. The summed E-state index contributed by atoms with van der Waals surface area (Å²) in [5.74, 6) is 0.159. The van der Waals surface area contributed by atoms with Gasteiger partial charge in [-0.25, -0.2) is 9.88 Å². The summed E-state index contributed by atoms with van der Waals surface area (Å²) < 4.78 is 31.0. The van der Waals surface area contributed by atoms with Crippen LogP contribution >= 0.6 is 7.52 Å². The van der Waals surface area contributed by atoms with Crippen molar-refractivity contribution in [2.45, 2.75) is 70.1 Å².